The van der Waals surface area contributed by atoms with Crippen molar-refractivity contribution in [3.63, 3.8) is 0 Å². The second-order valence-corrected chi connectivity index (χ2v) is 4.02. The minimum Gasteiger partial charge on any atom is -0.341 e. The molecule has 1 aliphatic rings. The van der Waals surface area contributed by atoms with Crippen molar-refractivity contribution in [2.75, 3.05) is 27.2 Å². The van der Waals surface area contributed by atoms with Gasteiger partial charge in [0, 0.05) is 39.6 Å². The van der Waals surface area contributed by atoms with E-state index in [9.17, 15) is 9.59 Å². The molecule has 5 heteroatoms. The van der Waals surface area contributed by atoms with Gasteiger partial charge in [0.1, 0.15) is 0 Å². The van der Waals surface area contributed by atoms with Gasteiger partial charge in [0.2, 0.25) is 5.91 Å². The summed E-state index contributed by atoms with van der Waals surface area (Å²) in [6.07, 6.45) is 1.39. The SMILES string of the molecule is CCC(=O)N1CCC(NC(=O)N(C)C)C1. The lowest BCUT2D eigenvalue weighted by Gasteiger charge is -2.18. The second kappa shape index (κ2) is 5.00. The number of urea groups is 1. The van der Waals surface area contributed by atoms with Crippen LogP contribution in [-0.2, 0) is 4.79 Å². The Bertz CT molecular complexity index is 253. The Morgan fingerprint density at radius 2 is 2.13 bits per heavy atom. The molecule has 0 bridgehead atoms. The van der Waals surface area contributed by atoms with E-state index in [0.29, 0.717) is 13.0 Å². The molecule has 1 rings (SSSR count). The molecule has 0 radical (unpaired) electrons. The molecule has 0 aromatic rings. The predicted molar refractivity (Wildman–Crippen MR) is 57.5 cm³/mol. The monoisotopic (exact) mass is 213 g/mol. The summed E-state index contributed by atoms with van der Waals surface area (Å²) in [5, 5.41) is 2.88. The van der Waals surface area contributed by atoms with Gasteiger partial charge in [-0.3, -0.25) is 4.79 Å². The first kappa shape index (κ1) is 11.8. The van der Waals surface area contributed by atoms with Gasteiger partial charge in [-0.2, -0.15) is 0 Å². The van der Waals surface area contributed by atoms with Crippen molar-refractivity contribution in [3.8, 4) is 0 Å². The fraction of sp³-hybridized carbons (Fsp3) is 0.800. The Hall–Kier alpha value is -1.26. The number of nitrogens with one attached hydrogen (secondary N) is 1. The van der Waals surface area contributed by atoms with Crippen molar-refractivity contribution < 1.29 is 9.59 Å². The van der Waals surface area contributed by atoms with E-state index in [1.807, 2.05) is 6.92 Å². The normalized spacial score (nSPS) is 20.2. The van der Waals surface area contributed by atoms with Gasteiger partial charge in [-0.15, -0.1) is 0 Å². The number of rotatable bonds is 2. The maximum Gasteiger partial charge on any atom is 0.317 e. The number of amides is 3. The molecular formula is C10H19N3O2. The van der Waals surface area contributed by atoms with Crippen LogP contribution in [0.15, 0.2) is 0 Å². The Balaban J connectivity index is 2.37. The van der Waals surface area contributed by atoms with E-state index >= 15 is 0 Å². The van der Waals surface area contributed by atoms with Crippen LogP contribution in [0.25, 0.3) is 0 Å². The maximum absolute atomic E-state index is 11.4. The summed E-state index contributed by atoms with van der Waals surface area (Å²) in [6, 6.07) is 0.0150. The molecule has 3 amide bonds. The van der Waals surface area contributed by atoms with Crippen LogP contribution in [-0.4, -0.2) is 55.0 Å². The Labute approximate surface area is 90.4 Å². The second-order valence-electron chi connectivity index (χ2n) is 4.02. The van der Waals surface area contributed by atoms with E-state index in [0.717, 1.165) is 13.0 Å². The van der Waals surface area contributed by atoms with Crippen molar-refractivity contribution in [3.05, 3.63) is 0 Å². The third-order valence-corrected chi connectivity index (χ3v) is 2.58. The van der Waals surface area contributed by atoms with Crippen molar-refractivity contribution in [1.82, 2.24) is 15.1 Å². The first-order chi connectivity index (χ1) is 7.04. The van der Waals surface area contributed by atoms with Gasteiger partial charge < -0.3 is 15.1 Å². The lowest BCUT2D eigenvalue weighted by molar-refractivity contribution is -0.129. The zero-order chi connectivity index (χ0) is 11.4. The van der Waals surface area contributed by atoms with Crippen LogP contribution in [0.5, 0.6) is 0 Å². The fourth-order valence-corrected chi connectivity index (χ4v) is 1.63. The molecule has 5 nitrogen and oxygen atoms in total. The number of nitrogens with zero attached hydrogens (tertiary/aromatic N) is 2. The van der Waals surface area contributed by atoms with Gasteiger partial charge in [0.05, 0.1) is 0 Å². The van der Waals surface area contributed by atoms with Crippen molar-refractivity contribution in [1.29, 1.82) is 0 Å². The topological polar surface area (TPSA) is 52.7 Å². The van der Waals surface area contributed by atoms with Gasteiger partial charge in [0.25, 0.3) is 0 Å². The quantitative estimate of drug-likeness (QED) is 0.715. The molecule has 1 atom stereocenters. The molecule has 1 fully saturated rings. The average Bonchev–Trinajstić information content (AvgIpc) is 2.65. The Kier molecular flexibility index (Phi) is 3.94. The third kappa shape index (κ3) is 3.11. The summed E-state index contributed by atoms with van der Waals surface area (Å²) < 4.78 is 0. The van der Waals surface area contributed by atoms with Crippen LogP contribution in [0.1, 0.15) is 19.8 Å². The minimum atomic E-state index is -0.0919. The number of carbonyl (C=O) groups excluding carboxylic acids is 2. The van der Waals surface area contributed by atoms with Gasteiger partial charge in [0.15, 0.2) is 0 Å². The molecule has 86 valence electrons. The van der Waals surface area contributed by atoms with E-state index < -0.39 is 0 Å². The fourth-order valence-electron chi connectivity index (χ4n) is 1.63. The first-order valence-corrected chi connectivity index (χ1v) is 5.30. The van der Waals surface area contributed by atoms with Gasteiger partial charge in [-0.25, -0.2) is 4.79 Å². The Morgan fingerprint density at radius 1 is 1.47 bits per heavy atom. The van der Waals surface area contributed by atoms with Crippen molar-refractivity contribution in [2.24, 2.45) is 0 Å². The molecule has 0 aliphatic carbocycles. The summed E-state index contributed by atoms with van der Waals surface area (Å²) in [7, 11) is 3.42. The van der Waals surface area contributed by atoms with Crippen LogP contribution in [0.3, 0.4) is 0 Å². The lowest BCUT2D eigenvalue weighted by atomic mass is 10.3. The summed E-state index contributed by atoms with van der Waals surface area (Å²) in [6.45, 7) is 3.26. The maximum atomic E-state index is 11.4. The summed E-state index contributed by atoms with van der Waals surface area (Å²) in [5.74, 6) is 0.164. The largest absolute Gasteiger partial charge is 0.341 e. The van der Waals surface area contributed by atoms with E-state index in [2.05, 4.69) is 5.32 Å². The van der Waals surface area contributed by atoms with Gasteiger partial charge in [-0.05, 0) is 6.42 Å². The van der Waals surface area contributed by atoms with Crippen LogP contribution < -0.4 is 5.32 Å². The van der Waals surface area contributed by atoms with Crippen molar-refractivity contribution >= 4 is 11.9 Å². The zero-order valence-electron chi connectivity index (χ0n) is 9.62. The zero-order valence-corrected chi connectivity index (χ0v) is 9.62. The van der Waals surface area contributed by atoms with E-state index in [1.54, 1.807) is 19.0 Å². The minimum absolute atomic E-state index is 0.0919. The third-order valence-electron chi connectivity index (χ3n) is 2.58. The summed E-state index contributed by atoms with van der Waals surface area (Å²) >= 11 is 0. The van der Waals surface area contributed by atoms with Crippen LogP contribution >= 0.6 is 0 Å². The molecule has 0 aromatic carbocycles. The molecule has 1 unspecified atom stereocenters. The Morgan fingerprint density at radius 3 is 2.67 bits per heavy atom. The van der Waals surface area contributed by atoms with Gasteiger partial charge >= 0.3 is 6.03 Å². The molecule has 1 aliphatic heterocycles. The average molecular weight is 213 g/mol. The molecule has 0 spiro atoms. The standard InChI is InChI=1S/C10H19N3O2/c1-4-9(14)13-6-5-8(7-13)11-10(15)12(2)3/h8H,4-7H2,1-3H3,(H,11,15). The molecule has 1 saturated heterocycles. The molecule has 1 heterocycles. The van der Waals surface area contributed by atoms with E-state index in [-0.39, 0.29) is 18.0 Å². The molecule has 0 saturated carbocycles. The highest BCUT2D eigenvalue weighted by molar-refractivity contribution is 5.77. The summed E-state index contributed by atoms with van der Waals surface area (Å²) in [5.41, 5.74) is 0. The van der Waals surface area contributed by atoms with Crippen LogP contribution in [0, 0.1) is 0 Å². The smallest absolute Gasteiger partial charge is 0.317 e. The highest BCUT2D eigenvalue weighted by Gasteiger charge is 2.26. The highest BCUT2D eigenvalue weighted by atomic mass is 16.2. The molecule has 0 aromatic heterocycles. The van der Waals surface area contributed by atoms with Gasteiger partial charge in [-0.1, -0.05) is 6.92 Å². The summed E-state index contributed by atoms with van der Waals surface area (Å²) in [4.78, 5) is 26.0. The number of likely N-dealkylation sites (tertiary alicyclic amines) is 1. The van der Waals surface area contributed by atoms with E-state index in [1.165, 1.54) is 4.90 Å². The van der Waals surface area contributed by atoms with Crippen LogP contribution in [0.2, 0.25) is 0 Å². The first-order valence-electron chi connectivity index (χ1n) is 5.30. The lowest BCUT2D eigenvalue weighted by Crippen LogP contribution is -2.43. The molecule has 1 N–H and O–H groups in total. The molecule has 15 heavy (non-hydrogen) atoms. The van der Waals surface area contributed by atoms with Crippen molar-refractivity contribution in [2.45, 2.75) is 25.8 Å². The van der Waals surface area contributed by atoms with Crippen LogP contribution in [0.4, 0.5) is 4.79 Å². The highest BCUT2D eigenvalue weighted by Crippen LogP contribution is 2.10. The number of hydrogen-bond donors (Lipinski definition) is 1. The molecular weight excluding hydrogens is 194 g/mol. The van der Waals surface area contributed by atoms with E-state index in [4.69, 9.17) is 0 Å². The number of carbonyl (C=O) groups is 2. The number of hydrogen-bond acceptors (Lipinski definition) is 2. The predicted octanol–water partition coefficient (Wildman–Crippen LogP) is 0.269.